The smallest absolute Gasteiger partial charge is 0.475 e. The third-order valence-corrected chi connectivity index (χ3v) is 4.38. The predicted molar refractivity (Wildman–Crippen MR) is 100 cm³/mol. The molecule has 1 unspecified atom stereocenters. The number of aryl methyl sites for hydroxylation is 1. The van der Waals surface area contributed by atoms with Crippen LogP contribution in [0.5, 0.6) is 0 Å². The molecular weight excluding hydrogens is 423 g/mol. The van der Waals surface area contributed by atoms with Crippen molar-refractivity contribution >= 4 is 11.9 Å². The van der Waals surface area contributed by atoms with E-state index < -0.39 is 12.1 Å². The summed E-state index contributed by atoms with van der Waals surface area (Å²) in [6.07, 6.45) is -3.58. The zero-order valence-corrected chi connectivity index (χ0v) is 17.3. The van der Waals surface area contributed by atoms with Crippen molar-refractivity contribution in [2.75, 3.05) is 40.4 Å². The Hall–Kier alpha value is -2.93. The summed E-state index contributed by atoms with van der Waals surface area (Å²) in [5.41, 5.74) is 1.87. The van der Waals surface area contributed by atoms with Gasteiger partial charge in [0.15, 0.2) is 5.76 Å². The number of aromatic nitrogens is 3. The monoisotopic (exact) mass is 447 g/mol. The molecule has 2 aromatic heterocycles. The number of carboxylic acid groups (broad SMARTS) is 1. The number of amides is 1. The highest BCUT2D eigenvalue weighted by Gasteiger charge is 2.38. The van der Waals surface area contributed by atoms with E-state index >= 15 is 0 Å². The first-order valence-corrected chi connectivity index (χ1v) is 9.24. The van der Waals surface area contributed by atoms with Crippen LogP contribution in [-0.2, 0) is 23.1 Å². The summed E-state index contributed by atoms with van der Waals surface area (Å²) >= 11 is 0. The van der Waals surface area contributed by atoms with Gasteiger partial charge in [-0.05, 0) is 26.2 Å². The lowest BCUT2D eigenvalue weighted by Gasteiger charge is -2.31. The van der Waals surface area contributed by atoms with Gasteiger partial charge in [0.05, 0.1) is 31.7 Å². The second kappa shape index (κ2) is 10.4. The van der Waals surface area contributed by atoms with Gasteiger partial charge in [-0.15, -0.1) is 5.10 Å². The van der Waals surface area contributed by atoms with Crippen molar-refractivity contribution in [1.29, 1.82) is 0 Å². The molecule has 1 N–H and O–H groups in total. The van der Waals surface area contributed by atoms with Gasteiger partial charge in [0.2, 0.25) is 0 Å². The van der Waals surface area contributed by atoms with Crippen molar-refractivity contribution in [1.82, 2.24) is 24.8 Å². The number of aliphatic carboxylic acids is 1. The van der Waals surface area contributed by atoms with Crippen LogP contribution in [0.4, 0.5) is 13.2 Å². The first-order valence-electron chi connectivity index (χ1n) is 9.24. The van der Waals surface area contributed by atoms with Crippen molar-refractivity contribution < 1.29 is 37.0 Å². The van der Waals surface area contributed by atoms with Gasteiger partial charge in [-0.1, -0.05) is 5.21 Å². The molecule has 1 aliphatic rings. The van der Waals surface area contributed by atoms with Crippen molar-refractivity contribution in [3.63, 3.8) is 0 Å². The number of likely N-dealkylation sites (N-methyl/N-ethyl adjacent to an activating group) is 1. The lowest BCUT2D eigenvalue weighted by molar-refractivity contribution is -0.192. The summed E-state index contributed by atoms with van der Waals surface area (Å²) in [6.45, 7) is 3.05. The highest BCUT2D eigenvalue weighted by Crippen LogP contribution is 2.28. The number of carbonyl (C=O) groups excluding carboxylic acids is 1. The second-order valence-corrected chi connectivity index (χ2v) is 7.09. The van der Waals surface area contributed by atoms with Gasteiger partial charge in [-0.3, -0.25) is 9.48 Å². The number of rotatable bonds is 6. The topological polar surface area (TPSA) is 114 Å². The normalized spacial score (nSPS) is 16.0. The molecule has 0 fully saturated rings. The molecule has 1 atom stereocenters. The molecule has 0 spiro atoms. The molecule has 3 rings (SSSR count). The van der Waals surface area contributed by atoms with Crippen LogP contribution in [0.2, 0.25) is 0 Å². The van der Waals surface area contributed by atoms with E-state index in [1.165, 1.54) is 6.26 Å². The third kappa shape index (κ3) is 6.79. The SMILES string of the molecule is CN(C)CCOCC1CN(C(=O)c2ccco2)Cc2nnn(C)c21.O=C(O)C(F)(F)F. The average Bonchev–Trinajstić information content (AvgIpc) is 3.34. The number of alkyl halides is 3. The van der Waals surface area contributed by atoms with Crippen molar-refractivity contribution in [3.8, 4) is 0 Å². The Labute approximate surface area is 176 Å². The van der Waals surface area contributed by atoms with E-state index in [1.54, 1.807) is 21.7 Å². The van der Waals surface area contributed by atoms with Crippen LogP contribution < -0.4 is 0 Å². The zero-order chi connectivity index (χ0) is 23.2. The summed E-state index contributed by atoms with van der Waals surface area (Å²) < 4.78 is 44.6. The van der Waals surface area contributed by atoms with Crippen molar-refractivity contribution in [2.24, 2.45) is 7.05 Å². The Kier molecular flexibility index (Phi) is 8.16. The summed E-state index contributed by atoms with van der Waals surface area (Å²) in [6, 6.07) is 3.39. The quantitative estimate of drug-likeness (QED) is 0.661. The molecular formula is C18H24F3N5O5. The Morgan fingerprint density at radius 3 is 2.61 bits per heavy atom. The molecule has 3 heterocycles. The largest absolute Gasteiger partial charge is 0.490 e. The second-order valence-electron chi connectivity index (χ2n) is 7.09. The van der Waals surface area contributed by atoms with Gasteiger partial charge in [0, 0.05) is 26.1 Å². The Bertz CT molecular complexity index is 867. The minimum absolute atomic E-state index is 0.0508. The number of hydrogen-bond acceptors (Lipinski definition) is 7. The fourth-order valence-electron chi connectivity index (χ4n) is 2.93. The Morgan fingerprint density at radius 2 is 2.06 bits per heavy atom. The Morgan fingerprint density at radius 1 is 1.39 bits per heavy atom. The fourth-order valence-corrected chi connectivity index (χ4v) is 2.93. The molecule has 1 aliphatic heterocycles. The number of hydrogen-bond donors (Lipinski definition) is 1. The van der Waals surface area contributed by atoms with Gasteiger partial charge in [0.1, 0.15) is 5.69 Å². The molecule has 13 heteroatoms. The van der Waals surface area contributed by atoms with Crippen LogP contribution in [0.1, 0.15) is 27.9 Å². The van der Waals surface area contributed by atoms with Crippen molar-refractivity contribution in [2.45, 2.75) is 18.6 Å². The molecule has 2 aromatic rings. The molecule has 0 radical (unpaired) electrons. The summed E-state index contributed by atoms with van der Waals surface area (Å²) in [5.74, 6) is -2.49. The highest BCUT2D eigenvalue weighted by atomic mass is 19.4. The van der Waals surface area contributed by atoms with E-state index in [0.29, 0.717) is 32.1 Å². The van der Waals surface area contributed by atoms with E-state index in [-0.39, 0.29) is 11.8 Å². The summed E-state index contributed by atoms with van der Waals surface area (Å²) in [5, 5.41) is 15.4. The molecule has 1 amide bonds. The number of nitrogens with zero attached hydrogens (tertiary/aromatic N) is 5. The van der Waals surface area contributed by atoms with Gasteiger partial charge in [-0.2, -0.15) is 13.2 Å². The molecule has 0 aromatic carbocycles. The maximum atomic E-state index is 12.6. The number of ether oxygens (including phenoxy) is 1. The number of furan rings is 1. The summed E-state index contributed by atoms with van der Waals surface area (Å²) in [4.78, 5) is 25.3. The maximum Gasteiger partial charge on any atom is 0.490 e. The standard InChI is InChI=1S/C16H23N5O3.C2HF3O2/c1-19(2)6-8-23-11-12-9-21(16(22)14-5-4-7-24-14)10-13-15(12)20(3)18-17-13;3-2(4,5)1(6)7/h4-5,7,12H,6,8-11H2,1-3H3;(H,6,7). The first-order chi connectivity index (χ1) is 14.5. The van der Waals surface area contributed by atoms with Gasteiger partial charge < -0.3 is 24.1 Å². The fraction of sp³-hybridized carbons (Fsp3) is 0.556. The number of halogens is 3. The van der Waals surface area contributed by atoms with E-state index in [0.717, 1.165) is 17.9 Å². The third-order valence-electron chi connectivity index (χ3n) is 4.38. The summed E-state index contributed by atoms with van der Waals surface area (Å²) in [7, 11) is 5.90. The van der Waals surface area contributed by atoms with Gasteiger partial charge in [-0.25, -0.2) is 4.79 Å². The zero-order valence-electron chi connectivity index (χ0n) is 17.3. The van der Waals surface area contributed by atoms with Crippen LogP contribution in [-0.4, -0.2) is 88.4 Å². The van der Waals surface area contributed by atoms with Gasteiger partial charge in [0.25, 0.3) is 5.91 Å². The first kappa shape index (κ1) is 24.3. The highest BCUT2D eigenvalue weighted by molar-refractivity contribution is 5.91. The molecule has 0 saturated heterocycles. The molecule has 31 heavy (non-hydrogen) atoms. The van der Waals surface area contributed by atoms with Crippen LogP contribution in [0.3, 0.4) is 0 Å². The van der Waals surface area contributed by atoms with Gasteiger partial charge >= 0.3 is 12.1 Å². The van der Waals surface area contributed by atoms with E-state index in [4.69, 9.17) is 19.1 Å². The Balaban J connectivity index is 0.000000423. The molecule has 10 nitrogen and oxygen atoms in total. The minimum atomic E-state index is -5.08. The molecule has 0 saturated carbocycles. The van der Waals surface area contributed by atoms with Crippen LogP contribution in [0.25, 0.3) is 0 Å². The lowest BCUT2D eigenvalue weighted by atomic mass is 9.98. The van der Waals surface area contributed by atoms with Crippen LogP contribution in [0, 0.1) is 0 Å². The molecule has 0 bridgehead atoms. The molecule has 172 valence electrons. The minimum Gasteiger partial charge on any atom is -0.475 e. The number of fused-ring (bicyclic) bond motifs is 1. The number of carbonyl (C=O) groups is 2. The van der Waals surface area contributed by atoms with E-state index in [9.17, 15) is 18.0 Å². The van der Waals surface area contributed by atoms with Crippen LogP contribution in [0.15, 0.2) is 22.8 Å². The maximum absolute atomic E-state index is 12.6. The van der Waals surface area contributed by atoms with Crippen molar-refractivity contribution in [3.05, 3.63) is 35.5 Å². The average molecular weight is 447 g/mol. The van der Waals surface area contributed by atoms with Crippen LogP contribution >= 0.6 is 0 Å². The van der Waals surface area contributed by atoms with E-state index in [2.05, 4.69) is 15.2 Å². The number of carboxylic acids is 1. The molecule has 0 aliphatic carbocycles. The lowest BCUT2D eigenvalue weighted by Crippen LogP contribution is -2.40. The predicted octanol–water partition coefficient (Wildman–Crippen LogP) is 1.36. The van der Waals surface area contributed by atoms with E-state index in [1.807, 2.05) is 21.1 Å².